The zero-order chi connectivity index (χ0) is 17.9. The molecule has 4 heteroatoms. The highest BCUT2D eigenvalue weighted by molar-refractivity contribution is 5.80. The molecule has 0 aromatic heterocycles. The lowest BCUT2D eigenvalue weighted by molar-refractivity contribution is -0.162. The highest BCUT2D eigenvalue weighted by Crippen LogP contribution is 2.43. The van der Waals surface area contributed by atoms with E-state index in [1.54, 1.807) is 6.92 Å². The first kappa shape index (κ1) is 18.6. The van der Waals surface area contributed by atoms with E-state index in [0.717, 1.165) is 47.3 Å². The molecule has 0 fully saturated rings. The zero-order valence-electron chi connectivity index (χ0n) is 15.6. The number of unbranched alkanes of at least 4 members (excludes halogenated alkanes) is 3. The minimum atomic E-state index is -0.946. The Labute approximate surface area is 145 Å². The second-order valence-corrected chi connectivity index (χ2v) is 7.06. The van der Waals surface area contributed by atoms with Crippen LogP contribution in [-0.4, -0.2) is 23.3 Å². The van der Waals surface area contributed by atoms with Gasteiger partial charge in [0.25, 0.3) is 0 Å². The lowest BCUT2D eigenvalue weighted by Crippen LogP contribution is -2.46. The molecule has 1 aliphatic rings. The summed E-state index contributed by atoms with van der Waals surface area (Å²) in [5, 5.41) is 10.2. The second-order valence-electron chi connectivity index (χ2n) is 7.06. The van der Waals surface area contributed by atoms with Crippen LogP contribution in [0.5, 0.6) is 11.5 Å². The maximum absolute atomic E-state index is 12.5. The number of aromatic hydroxyl groups is 1. The molecule has 1 N–H and O–H groups in total. The average molecular weight is 334 g/mol. The number of carbonyl (C=O) groups is 1. The van der Waals surface area contributed by atoms with E-state index >= 15 is 0 Å². The number of phenolic OH excluding ortho intramolecular Hbond substituents is 1. The number of esters is 1. The molecule has 24 heavy (non-hydrogen) atoms. The second kappa shape index (κ2) is 7.45. The fourth-order valence-electron chi connectivity index (χ4n) is 3.24. The Balaban J connectivity index is 2.12. The SMILES string of the molecule is CCCCCCOC(=O)[C@@]1(C)CCc2c(C)c(O)c(C)c(C)c2O1. The van der Waals surface area contributed by atoms with Crippen molar-refractivity contribution in [3.05, 3.63) is 22.3 Å². The third-order valence-corrected chi connectivity index (χ3v) is 5.18. The van der Waals surface area contributed by atoms with E-state index in [1.807, 2.05) is 20.8 Å². The quantitative estimate of drug-likeness (QED) is 0.613. The van der Waals surface area contributed by atoms with Gasteiger partial charge in [-0.1, -0.05) is 26.2 Å². The van der Waals surface area contributed by atoms with Gasteiger partial charge >= 0.3 is 5.97 Å². The molecule has 0 aliphatic carbocycles. The maximum Gasteiger partial charge on any atom is 0.350 e. The lowest BCUT2D eigenvalue weighted by atomic mass is 9.87. The highest BCUT2D eigenvalue weighted by atomic mass is 16.6. The Morgan fingerprint density at radius 3 is 2.54 bits per heavy atom. The number of phenols is 1. The fraction of sp³-hybridized carbons (Fsp3) is 0.650. The lowest BCUT2D eigenvalue weighted by Gasteiger charge is -2.35. The number of ether oxygens (including phenoxy) is 2. The van der Waals surface area contributed by atoms with Crippen molar-refractivity contribution in [3.8, 4) is 11.5 Å². The van der Waals surface area contributed by atoms with Gasteiger partial charge in [-0.15, -0.1) is 0 Å². The maximum atomic E-state index is 12.5. The molecule has 0 spiro atoms. The van der Waals surface area contributed by atoms with Crippen LogP contribution in [-0.2, 0) is 16.0 Å². The van der Waals surface area contributed by atoms with Crippen LogP contribution in [0.4, 0.5) is 0 Å². The van der Waals surface area contributed by atoms with Crippen molar-refractivity contribution in [1.29, 1.82) is 0 Å². The Bertz CT molecular complexity index is 621. The fourth-order valence-corrected chi connectivity index (χ4v) is 3.24. The van der Waals surface area contributed by atoms with Gasteiger partial charge in [0.15, 0.2) is 0 Å². The molecule has 1 aromatic rings. The number of hydrogen-bond donors (Lipinski definition) is 1. The topological polar surface area (TPSA) is 55.8 Å². The van der Waals surface area contributed by atoms with Crippen molar-refractivity contribution in [2.45, 2.75) is 78.7 Å². The number of carbonyl (C=O) groups excluding carboxylic acids is 1. The van der Waals surface area contributed by atoms with Gasteiger partial charge in [0, 0.05) is 12.0 Å². The van der Waals surface area contributed by atoms with Gasteiger partial charge in [0.2, 0.25) is 5.60 Å². The molecule has 0 saturated carbocycles. The average Bonchev–Trinajstić information content (AvgIpc) is 2.57. The molecule has 1 heterocycles. The van der Waals surface area contributed by atoms with Crippen molar-refractivity contribution >= 4 is 5.97 Å². The van der Waals surface area contributed by atoms with Crippen molar-refractivity contribution in [2.75, 3.05) is 6.61 Å². The van der Waals surface area contributed by atoms with E-state index in [2.05, 4.69) is 6.92 Å². The highest BCUT2D eigenvalue weighted by Gasteiger charge is 2.42. The van der Waals surface area contributed by atoms with E-state index in [-0.39, 0.29) is 5.97 Å². The van der Waals surface area contributed by atoms with Crippen LogP contribution in [0.1, 0.15) is 68.2 Å². The van der Waals surface area contributed by atoms with Crippen molar-refractivity contribution < 1.29 is 19.4 Å². The zero-order valence-corrected chi connectivity index (χ0v) is 15.6. The van der Waals surface area contributed by atoms with Gasteiger partial charge < -0.3 is 14.6 Å². The number of rotatable bonds is 6. The summed E-state index contributed by atoms with van der Waals surface area (Å²) in [5.74, 6) is 0.781. The first-order valence-electron chi connectivity index (χ1n) is 8.99. The molecule has 0 bridgehead atoms. The van der Waals surface area contributed by atoms with Gasteiger partial charge in [-0.3, -0.25) is 0 Å². The summed E-state index contributed by atoms with van der Waals surface area (Å²) in [5.41, 5.74) is 2.61. The largest absolute Gasteiger partial charge is 0.507 e. The Hall–Kier alpha value is -1.71. The molecule has 0 amide bonds. The molecule has 134 valence electrons. The van der Waals surface area contributed by atoms with Crippen LogP contribution >= 0.6 is 0 Å². The molecular weight excluding hydrogens is 304 g/mol. The predicted molar refractivity (Wildman–Crippen MR) is 94.8 cm³/mol. The number of benzene rings is 1. The molecule has 0 saturated heterocycles. The molecule has 1 aromatic carbocycles. The molecular formula is C20H30O4. The third kappa shape index (κ3) is 3.52. The number of hydrogen-bond acceptors (Lipinski definition) is 4. The van der Waals surface area contributed by atoms with Crippen LogP contribution in [0.25, 0.3) is 0 Å². The number of fused-ring (bicyclic) bond motifs is 1. The monoisotopic (exact) mass is 334 g/mol. The minimum absolute atomic E-state index is 0.285. The summed E-state index contributed by atoms with van der Waals surface area (Å²) in [6.07, 6.45) is 5.59. The Morgan fingerprint density at radius 2 is 1.88 bits per heavy atom. The first-order chi connectivity index (χ1) is 11.3. The van der Waals surface area contributed by atoms with Crippen molar-refractivity contribution in [3.63, 3.8) is 0 Å². The van der Waals surface area contributed by atoms with Gasteiger partial charge in [0.05, 0.1) is 6.61 Å². The standard InChI is InChI=1S/C20H30O4/c1-6-7-8-9-12-23-19(22)20(5)11-10-16-15(4)17(21)13(2)14(3)18(16)24-20/h21H,6-12H2,1-5H3/t20-/m1/s1. The van der Waals surface area contributed by atoms with Crippen LogP contribution in [0.3, 0.4) is 0 Å². The predicted octanol–water partition coefficient (Wildman–Crippen LogP) is 4.52. The molecule has 0 radical (unpaired) electrons. The van der Waals surface area contributed by atoms with Crippen molar-refractivity contribution in [2.24, 2.45) is 0 Å². The van der Waals surface area contributed by atoms with Crippen LogP contribution in [0, 0.1) is 20.8 Å². The first-order valence-corrected chi connectivity index (χ1v) is 8.99. The summed E-state index contributed by atoms with van der Waals surface area (Å²) < 4.78 is 11.6. The molecule has 1 aliphatic heterocycles. The van der Waals surface area contributed by atoms with E-state index in [1.165, 1.54) is 6.42 Å². The summed E-state index contributed by atoms with van der Waals surface area (Å²) in [7, 11) is 0. The van der Waals surface area contributed by atoms with Crippen LogP contribution < -0.4 is 4.74 Å². The van der Waals surface area contributed by atoms with E-state index in [9.17, 15) is 9.90 Å². The smallest absolute Gasteiger partial charge is 0.350 e. The summed E-state index contributed by atoms with van der Waals surface area (Å²) in [6.45, 7) is 10.1. The van der Waals surface area contributed by atoms with E-state index in [4.69, 9.17) is 9.47 Å². The summed E-state index contributed by atoms with van der Waals surface area (Å²) in [6, 6.07) is 0. The third-order valence-electron chi connectivity index (χ3n) is 5.18. The van der Waals surface area contributed by atoms with Gasteiger partial charge in [-0.25, -0.2) is 4.79 Å². The van der Waals surface area contributed by atoms with Gasteiger partial charge in [-0.05, 0) is 57.2 Å². The van der Waals surface area contributed by atoms with E-state index in [0.29, 0.717) is 25.2 Å². The molecule has 2 rings (SSSR count). The van der Waals surface area contributed by atoms with Crippen molar-refractivity contribution in [1.82, 2.24) is 0 Å². The van der Waals surface area contributed by atoms with Gasteiger partial charge in [0.1, 0.15) is 11.5 Å². The Morgan fingerprint density at radius 1 is 1.17 bits per heavy atom. The normalized spacial score (nSPS) is 19.5. The minimum Gasteiger partial charge on any atom is -0.507 e. The van der Waals surface area contributed by atoms with Gasteiger partial charge in [-0.2, -0.15) is 0 Å². The van der Waals surface area contributed by atoms with Crippen LogP contribution in [0.15, 0.2) is 0 Å². The molecule has 0 unspecified atom stereocenters. The summed E-state index contributed by atoms with van der Waals surface area (Å²) >= 11 is 0. The summed E-state index contributed by atoms with van der Waals surface area (Å²) in [4.78, 5) is 12.5. The molecule has 1 atom stereocenters. The Kier molecular flexibility index (Phi) is 5.79. The molecule has 4 nitrogen and oxygen atoms in total. The van der Waals surface area contributed by atoms with Crippen LogP contribution in [0.2, 0.25) is 0 Å². The van der Waals surface area contributed by atoms with E-state index < -0.39 is 5.60 Å².